The summed E-state index contributed by atoms with van der Waals surface area (Å²) in [5.74, 6) is -1.77. The van der Waals surface area contributed by atoms with Gasteiger partial charge in [0, 0.05) is 18.1 Å². The molecule has 0 spiro atoms. The second-order valence-electron chi connectivity index (χ2n) is 5.97. The highest BCUT2D eigenvalue weighted by Gasteiger charge is 2.42. The highest BCUT2D eigenvalue weighted by Crippen LogP contribution is 2.39. The molecule has 1 rings (SSSR count). The Balaban J connectivity index is 2.51. The number of carbonyl (C=O) groups excluding carboxylic acids is 1. The van der Waals surface area contributed by atoms with Crippen LogP contribution < -0.4 is 5.32 Å². The fourth-order valence-electron chi connectivity index (χ4n) is 2.66. The number of halogens is 3. The molecule has 20 heavy (non-hydrogen) atoms. The maximum absolute atomic E-state index is 12.6. The van der Waals surface area contributed by atoms with Crippen LogP contribution in [0.5, 0.6) is 0 Å². The summed E-state index contributed by atoms with van der Waals surface area (Å²) in [5, 5.41) is 11.9. The summed E-state index contributed by atoms with van der Waals surface area (Å²) in [6, 6.07) is 0. The van der Waals surface area contributed by atoms with Crippen molar-refractivity contribution in [1.82, 2.24) is 5.32 Å². The first-order valence-corrected chi connectivity index (χ1v) is 7.21. The highest BCUT2D eigenvalue weighted by molar-refractivity contribution is 5.79. The van der Waals surface area contributed by atoms with Crippen molar-refractivity contribution in [2.75, 3.05) is 6.61 Å². The Kier molecular flexibility index (Phi) is 5.86. The van der Waals surface area contributed by atoms with E-state index in [9.17, 15) is 18.0 Å². The summed E-state index contributed by atoms with van der Waals surface area (Å²) >= 11 is 0. The van der Waals surface area contributed by atoms with Gasteiger partial charge in [-0.25, -0.2) is 0 Å². The molecule has 0 aliphatic heterocycles. The SMILES string of the molecule is CCC(C)(CCO)NC(=O)C1CCC(C(F)(F)F)CC1. The molecule has 1 saturated carbocycles. The van der Waals surface area contributed by atoms with Crippen molar-refractivity contribution in [2.24, 2.45) is 11.8 Å². The molecule has 1 amide bonds. The maximum Gasteiger partial charge on any atom is 0.391 e. The molecular formula is C14H24F3NO2. The Bertz CT molecular complexity index is 325. The maximum atomic E-state index is 12.6. The van der Waals surface area contributed by atoms with Crippen LogP contribution >= 0.6 is 0 Å². The molecule has 1 atom stereocenters. The van der Waals surface area contributed by atoms with Crippen molar-refractivity contribution in [1.29, 1.82) is 0 Å². The molecule has 118 valence electrons. The molecule has 2 N–H and O–H groups in total. The summed E-state index contributed by atoms with van der Waals surface area (Å²) in [7, 11) is 0. The molecule has 1 fully saturated rings. The Labute approximate surface area is 117 Å². The van der Waals surface area contributed by atoms with E-state index in [0.717, 1.165) is 0 Å². The van der Waals surface area contributed by atoms with E-state index in [1.165, 1.54) is 0 Å². The monoisotopic (exact) mass is 295 g/mol. The van der Waals surface area contributed by atoms with Gasteiger partial charge in [0.15, 0.2) is 0 Å². The molecule has 0 aromatic heterocycles. The lowest BCUT2D eigenvalue weighted by atomic mass is 9.80. The molecule has 0 saturated heterocycles. The number of hydrogen-bond acceptors (Lipinski definition) is 2. The van der Waals surface area contributed by atoms with Gasteiger partial charge in [0.1, 0.15) is 0 Å². The minimum Gasteiger partial charge on any atom is -0.396 e. The van der Waals surface area contributed by atoms with E-state index in [2.05, 4.69) is 5.32 Å². The second-order valence-corrected chi connectivity index (χ2v) is 5.97. The number of nitrogens with one attached hydrogen (secondary N) is 1. The molecule has 1 unspecified atom stereocenters. The first-order chi connectivity index (χ1) is 9.22. The van der Waals surface area contributed by atoms with Gasteiger partial charge in [-0.15, -0.1) is 0 Å². The van der Waals surface area contributed by atoms with E-state index in [1.807, 2.05) is 13.8 Å². The predicted molar refractivity (Wildman–Crippen MR) is 70.0 cm³/mol. The smallest absolute Gasteiger partial charge is 0.391 e. The molecular weight excluding hydrogens is 271 g/mol. The van der Waals surface area contributed by atoms with Crippen LogP contribution in [0.25, 0.3) is 0 Å². The van der Waals surface area contributed by atoms with Crippen LogP contribution in [0, 0.1) is 11.8 Å². The molecule has 0 aromatic carbocycles. The second kappa shape index (κ2) is 6.78. The number of carbonyl (C=O) groups is 1. The zero-order chi connectivity index (χ0) is 15.4. The zero-order valence-electron chi connectivity index (χ0n) is 12.1. The van der Waals surface area contributed by atoms with Gasteiger partial charge in [-0.05, 0) is 45.4 Å². The van der Waals surface area contributed by atoms with E-state index in [4.69, 9.17) is 5.11 Å². The third-order valence-corrected chi connectivity index (χ3v) is 4.43. The molecule has 0 radical (unpaired) electrons. The van der Waals surface area contributed by atoms with Crippen molar-refractivity contribution in [2.45, 2.75) is 64.1 Å². The zero-order valence-corrected chi connectivity index (χ0v) is 12.1. The average Bonchev–Trinajstić information content (AvgIpc) is 2.38. The minimum atomic E-state index is -4.14. The van der Waals surface area contributed by atoms with Gasteiger partial charge in [-0.2, -0.15) is 13.2 Å². The lowest BCUT2D eigenvalue weighted by Crippen LogP contribution is -2.49. The number of aliphatic hydroxyl groups is 1. The van der Waals surface area contributed by atoms with E-state index in [-0.39, 0.29) is 44.1 Å². The molecule has 0 aromatic rings. The minimum absolute atomic E-state index is 0.0224. The number of hydrogen-bond donors (Lipinski definition) is 2. The molecule has 1 aliphatic rings. The lowest BCUT2D eigenvalue weighted by molar-refractivity contribution is -0.184. The number of amides is 1. The van der Waals surface area contributed by atoms with Crippen LogP contribution in [0.1, 0.15) is 52.4 Å². The molecule has 0 heterocycles. The number of aliphatic hydroxyl groups excluding tert-OH is 1. The van der Waals surface area contributed by atoms with Gasteiger partial charge >= 0.3 is 6.18 Å². The van der Waals surface area contributed by atoms with Crippen molar-refractivity contribution in [3.05, 3.63) is 0 Å². The van der Waals surface area contributed by atoms with Gasteiger partial charge in [0.05, 0.1) is 5.92 Å². The Morgan fingerprint density at radius 1 is 1.25 bits per heavy atom. The topological polar surface area (TPSA) is 49.3 Å². The van der Waals surface area contributed by atoms with Crippen LogP contribution in [0.15, 0.2) is 0 Å². The van der Waals surface area contributed by atoms with Crippen molar-refractivity contribution in [3.63, 3.8) is 0 Å². The van der Waals surface area contributed by atoms with Crippen molar-refractivity contribution >= 4 is 5.91 Å². The van der Waals surface area contributed by atoms with Gasteiger partial charge in [0.25, 0.3) is 0 Å². The lowest BCUT2D eigenvalue weighted by Gasteiger charge is -2.34. The van der Waals surface area contributed by atoms with E-state index in [0.29, 0.717) is 12.8 Å². The predicted octanol–water partition coefficient (Wildman–Crippen LogP) is 3.02. The third kappa shape index (κ3) is 4.65. The molecule has 1 aliphatic carbocycles. The van der Waals surface area contributed by atoms with Crippen LogP contribution in [0.3, 0.4) is 0 Å². The standard InChI is InChI=1S/C14H24F3NO2/c1-3-13(2,8-9-19)18-12(20)10-4-6-11(7-5-10)14(15,16)17/h10-11,19H,3-9H2,1-2H3,(H,18,20). The fourth-order valence-corrected chi connectivity index (χ4v) is 2.66. The van der Waals surface area contributed by atoms with Crippen LogP contribution in [0.4, 0.5) is 13.2 Å². The quantitative estimate of drug-likeness (QED) is 0.819. The highest BCUT2D eigenvalue weighted by atomic mass is 19.4. The molecule has 0 bridgehead atoms. The van der Waals surface area contributed by atoms with Crippen LogP contribution in [-0.2, 0) is 4.79 Å². The largest absolute Gasteiger partial charge is 0.396 e. The Morgan fingerprint density at radius 3 is 2.20 bits per heavy atom. The summed E-state index contributed by atoms with van der Waals surface area (Å²) < 4.78 is 37.7. The Hall–Kier alpha value is -0.780. The van der Waals surface area contributed by atoms with Crippen LogP contribution in [-0.4, -0.2) is 29.3 Å². The van der Waals surface area contributed by atoms with Gasteiger partial charge in [-0.3, -0.25) is 4.79 Å². The summed E-state index contributed by atoms with van der Waals surface area (Å²) in [6.07, 6.45) is -2.38. The Morgan fingerprint density at radius 2 is 1.80 bits per heavy atom. The summed E-state index contributed by atoms with van der Waals surface area (Å²) in [6.45, 7) is 3.74. The van der Waals surface area contributed by atoms with E-state index < -0.39 is 17.6 Å². The number of alkyl halides is 3. The summed E-state index contributed by atoms with van der Waals surface area (Å²) in [4.78, 5) is 12.1. The fraction of sp³-hybridized carbons (Fsp3) is 0.929. The van der Waals surface area contributed by atoms with Crippen molar-refractivity contribution < 1.29 is 23.1 Å². The first-order valence-electron chi connectivity index (χ1n) is 7.21. The van der Waals surface area contributed by atoms with E-state index in [1.54, 1.807) is 0 Å². The average molecular weight is 295 g/mol. The van der Waals surface area contributed by atoms with Crippen LogP contribution in [0.2, 0.25) is 0 Å². The van der Waals surface area contributed by atoms with Crippen molar-refractivity contribution in [3.8, 4) is 0 Å². The normalized spacial score (nSPS) is 26.9. The van der Waals surface area contributed by atoms with Gasteiger partial charge in [-0.1, -0.05) is 6.92 Å². The number of rotatable bonds is 5. The van der Waals surface area contributed by atoms with E-state index >= 15 is 0 Å². The summed E-state index contributed by atoms with van der Waals surface area (Å²) in [5.41, 5.74) is -0.479. The van der Waals surface area contributed by atoms with Gasteiger partial charge in [0.2, 0.25) is 5.91 Å². The first kappa shape index (κ1) is 17.3. The molecule has 3 nitrogen and oxygen atoms in total. The molecule has 6 heteroatoms. The van der Waals surface area contributed by atoms with Gasteiger partial charge < -0.3 is 10.4 Å². The third-order valence-electron chi connectivity index (χ3n) is 4.43.